The third kappa shape index (κ3) is 5.72. The highest BCUT2D eigenvalue weighted by atomic mass is 35.5. The molecule has 1 aliphatic heterocycles. The highest BCUT2D eigenvalue weighted by Gasteiger charge is 2.44. The summed E-state index contributed by atoms with van der Waals surface area (Å²) in [5.74, 6) is -2.86. The number of carbonyl (C=O) groups is 1. The minimum Gasteiger partial charge on any atom is -0.398 e. The van der Waals surface area contributed by atoms with Crippen LogP contribution in [0.1, 0.15) is 25.7 Å². The van der Waals surface area contributed by atoms with Gasteiger partial charge in [0.2, 0.25) is 5.91 Å². The van der Waals surface area contributed by atoms with Gasteiger partial charge < -0.3 is 10.6 Å². The molecular weight excluding hydrogens is 489 g/mol. The monoisotopic (exact) mass is 515 g/mol. The lowest BCUT2D eigenvalue weighted by molar-refractivity contribution is -0.164. The van der Waals surface area contributed by atoms with Crippen molar-refractivity contribution in [2.24, 2.45) is 11.7 Å². The molecule has 1 saturated heterocycles. The van der Waals surface area contributed by atoms with Crippen molar-refractivity contribution >= 4 is 17.5 Å². The summed E-state index contributed by atoms with van der Waals surface area (Å²) >= 11 is 6.29. The number of hydrogen-bond acceptors (Lipinski definition) is 3. The van der Waals surface area contributed by atoms with E-state index in [9.17, 15) is 26.7 Å². The first-order valence-corrected chi connectivity index (χ1v) is 11.9. The van der Waals surface area contributed by atoms with Gasteiger partial charge in [0.05, 0.1) is 5.92 Å². The lowest BCUT2D eigenvalue weighted by atomic mass is 9.89. The van der Waals surface area contributed by atoms with Crippen LogP contribution in [-0.4, -0.2) is 59.8 Å². The number of hydrogen-bond donors (Lipinski definition) is 1. The van der Waals surface area contributed by atoms with E-state index in [1.54, 1.807) is 17.1 Å². The first kappa shape index (κ1) is 25.7. The Morgan fingerprint density at radius 2 is 2.00 bits per heavy atom. The van der Waals surface area contributed by atoms with Gasteiger partial charge in [0.1, 0.15) is 5.83 Å². The molecule has 4 nitrogen and oxygen atoms in total. The van der Waals surface area contributed by atoms with Gasteiger partial charge in [-0.2, -0.15) is 13.2 Å². The van der Waals surface area contributed by atoms with Gasteiger partial charge in [-0.1, -0.05) is 42.0 Å². The summed E-state index contributed by atoms with van der Waals surface area (Å²) in [6.07, 6.45) is 4.64. The molecule has 190 valence electrons. The number of likely N-dealkylation sites (tertiary alicyclic amines) is 1. The zero-order chi connectivity index (χ0) is 25.3. The number of carbonyl (C=O) groups excluding carboxylic acids is 1. The Morgan fingerprint density at radius 3 is 2.69 bits per heavy atom. The van der Waals surface area contributed by atoms with Crippen LogP contribution in [0.4, 0.5) is 22.0 Å². The zero-order valence-corrected chi connectivity index (χ0v) is 19.7. The first-order chi connectivity index (χ1) is 16.5. The summed E-state index contributed by atoms with van der Waals surface area (Å²) in [5, 5.41) is 0.438. The first-order valence-electron chi connectivity index (χ1n) is 11.5. The van der Waals surface area contributed by atoms with Crippen LogP contribution in [0.25, 0.3) is 0 Å². The van der Waals surface area contributed by atoms with Crippen molar-refractivity contribution in [3.8, 4) is 0 Å². The minimum atomic E-state index is -4.37. The normalized spacial score (nSPS) is 29.5. The van der Waals surface area contributed by atoms with E-state index in [1.165, 1.54) is 18.2 Å². The average Bonchev–Trinajstić information content (AvgIpc) is 3.30. The molecule has 1 amide bonds. The summed E-state index contributed by atoms with van der Waals surface area (Å²) in [6.45, 7) is 0.689. The Hall–Kier alpha value is -2.39. The molecule has 0 radical (unpaired) electrons. The Balaban J connectivity index is 1.54. The van der Waals surface area contributed by atoms with Crippen molar-refractivity contribution in [1.29, 1.82) is 0 Å². The number of rotatable bonds is 5. The van der Waals surface area contributed by atoms with E-state index in [-0.39, 0.29) is 55.1 Å². The van der Waals surface area contributed by atoms with Gasteiger partial charge in [0, 0.05) is 60.9 Å². The molecule has 4 rings (SSSR count). The van der Waals surface area contributed by atoms with E-state index in [1.807, 2.05) is 11.0 Å². The fourth-order valence-corrected chi connectivity index (χ4v) is 5.23. The molecule has 0 saturated carbocycles. The molecule has 4 atom stereocenters. The second-order valence-electron chi connectivity index (χ2n) is 9.27. The predicted octanol–water partition coefficient (Wildman–Crippen LogP) is 5.21. The van der Waals surface area contributed by atoms with E-state index in [0.29, 0.717) is 30.1 Å². The van der Waals surface area contributed by atoms with Crippen LogP contribution in [0.3, 0.4) is 0 Å². The second kappa shape index (κ2) is 10.3. The van der Waals surface area contributed by atoms with Gasteiger partial charge in [-0.15, -0.1) is 0 Å². The van der Waals surface area contributed by atoms with Crippen molar-refractivity contribution in [2.75, 3.05) is 19.6 Å². The molecule has 0 aromatic rings. The number of nitrogens with two attached hydrogens (primary N) is 1. The molecule has 10 heteroatoms. The quantitative estimate of drug-likeness (QED) is 0.511. The number of allylic oxidation sites excluding steroid dienone is 7. The lowest BCUT2D eigenvalue weighted by Gasteiger charge is -2.38. The van der Waals surface area contributed by atoms with Gasteiger partial charge in [-0.3, -0.25) is 9.69 Å². The highest BCUT2D eigenvalue weighted by Crippen LogP contribution is 2.39. The topological polar surface area (TPSA) is 49.6 Å². The van der Waals surface area contributed by atoms with Crippen molar-refractivity contribution in [1.82, 2.24) is 9.80 Å². The van der Waals surface area contributed by atoms with Crippen LogP contribution < -0.4 is 5.73 Å². The largest absolute Gasteiger partial charge is 0.398 e. The van der Waals surface area contributed by atoms with Crippen molar-refractivity contribution in [3.05, 3.63) is 70.2 Å². The maximum Gasteiger partial charge on any atom is 0.395 e. The molecule has 1 fully saturated rings. The molecule has 0 aromatic carbocycles. The van der Waals surface area contributed by atoms with E-state index in [2.05, 4.69) is 0 Å². The minimum absolute atomic E-state index is 0.0590. The fraction of sp³-hybridized carbons (Fsp3) is 0.480. The van der Waals surface area contributed by atoms with Crippen molar-refractivity contribution in [2.45, 2.75) is 50.1 Å². The zero-order valence-electron chi connectivity index (χ0n) is 18.9. The third-order valence-electron chi connectivity index (χ3n) is 6.99. The molecule has 4 aliphatic rings. The summed E-state index contributed by atoms with van der Waals surface area (Å²) < 4.78 is 68.3. The molecule has 3 unspecified atom stereocenters. The van der Waals surface area contributed by atoms with Crippen molar-refractivity contribution in [3.63, 3.8) is 0 Å². The van der Waals surface area contributed by atoms with Crippen LogP contribution >= 0.6 is 11.6 Å². The third-order valence-corrected chi connectivity index (χ3v) is 7.36. The van der Waals surface area contributed by atoms with Gasteiger partial charge in [0.25, 0.3) is 0 Å². The summed E-state index contributed by atoms with van der Waals surface area (Å²) in [7, 11) is 0. The summed E-state index contributed by atoms with van der Waals surface area (Å²) in [5.41, 5.74) is 6.73. The van der Waals surface area contributed by atoms with E-state index >= 15 is 0 Å². The average molecular weight is 516 g/mol. The Bertz CT molecular complexity index is 1040. The summed E-state index contributed by atoms with van der Waals surface area (Å²) in [4.78, 5) is 16.5. The standard InChI is InChI=1S/C25H27ClF5N3O/c26-20-12-17(6-8-23(20)32)34(13-16-3-1-2-4-19(16)25(29,30)31)18-9-10-33(14-18)24(35)15-5-7-21(27)22(28)11-15/h1-3,5-8,17-19,22H,4,9-14,32H2/t17?,18-,19?,22?/m0/s1. The molecular formula is C25H27ClF5N3O. The number of halogens is 6. The second-order valence-corrected chi connectivity index (χ2v) is 9.73. The van der Waals surface area contributed by atoms with Crippen molar-refractivity contribution < 1.29 is 26.7 Å². The van der Waals surface area contributed by atoms with Crippen LogP contribution in [0.5, 0.6) is 0 Å². The molecule has 35 heavy (non-hydrogen) atoms. The Kier molecular flexibility index (Phi) is 7.57. The SMILES string of the molecule is NC1=C(Cl)CC(N(CC2=CC=CCC2C(F)(F)F)[C@H]2CCN(C(=O)C3=CC=C(F)C(F)C3)C2)C=C1. The summed E-state index contributed by atoms with van der Waals surface area (Å²) in [6, 6.07) is -0.535. The van der Waals surface area contributed by atoms with Gasteiger partial charge in [0.15, 0.2) is 6.17 Å². The number of nitrogens with zero attached hydrogens (tertiary/aromatic N) is 2. The Labute approximate surface area is 205 Å². The molecule has 2 N–H and O–H groups in total. The van der Waals surface area contributed by atoms with Crippen LogP contribution in [0.15, 0.2) is 70.2 Å². The van der Waals surface area contributed by atoms with E-state index < -0.39 is 24.1 Å². The maximum atomic E-state index is 13.8. The number of amides is 1. The molecule has 1 heterocycles. The molecule has 0 spiro atoms. The fourth-order valence-electron chi connectivity index (χ4n) is 5.01. The van der Waals surface area contributed by atoms with Gasteiger partial charge >= 0.3 is 6.18 Å². The lowest BCUT2D eigenvalue weighted by Crippen LogP contribution is -2.47. The molecule has 0 bridgehead atoms. The smallest absolute Gasteiger partial charge is 0.395 e. The van der Waals surface area contributed by atoms with Crippen LogP contribution in [0, 0.1) is 5.92 Å². The van der Waals surface area contributed by atoms with Crippen LogP contribution in [0.2, 0.25) is 0 Å². The Morgan fingerprint density at radius 1 is 1.23 bits per heavy atom. The predicted molar refractivity (Wildman–Crippen MR) is 124 cm³/mol. The van der Waals surface area contributed by atoms with E-state index in [0.717, 1.165) is 6.08 Å². The molecule has 3 aliphatic carbocycles. The van der Waals surface area contributed by atoms with Gasteiger partial charge in [-0.25, -0.2) is 8.78 Å². The van der Waals surface area contributed by atoms with Gasteiger partial charge in [-0.05, 0) is 30.6 Å². The molecule has 0 aromatic heterocycles. The number of alkyl halides is 4. The van der Waals surface area contributed by atoms with E-state index in [4.69, 9.17) is 17.3 Å². The highest BCUT2D eigenvalue weighted by molar-refractivity contribution is 6.30. The van der Waals surface area contributed by atoms with Crippen LogP contribution in [-0.2, 0) is 4.79 Å². The maximum absolute atomic E-state index is 13.8.